The second-order valence-electron chi connectivity index (χ2n) is 13.6. The molecule has 0 radical (unpaired) electrons. The van der Waals surface area contributed by atoms with E-state index in [0.717, 1.165) is 0 Å². The SMILES string of the molecule is CC1(C)O[C@@H]2CC3C4C[C@H](F)C5=CC(=O)C=C[C@]5(C)C4C(O)C[C@]3(C)[C@]2(C(=O)COC(=O)c2ccc(CO[N+](=O)[O-])cc2)O1. The van der Waals surface area contributed by atoms with Gasteiger partial charge in [0, 0.05) is 16.7 Å². The molecule has 236 valence electrons. The third kappa shape index (κ3) is 4.52. The first-order valence-electron chi connectivity index (χ1n) is 14.8. The van der Waals surface area contributed by atoms with Gasteiger partial charge in [-0.1, -0.05) is 32.1 Å². The maximum Gasteiger partial charge on any atom is 0.338 e. The summed E-state index contributed by atoms with van der Waals surface area (Å²) >= 11 is 0. The van der Waals surface area contributed by atoms with E-state index in [-0.39, 0.29) is 48.5 Å². The van der Waals surface area contributed by atoms with Gasteiger partial charge in [0.15, 0.2) is 23.8 Å². The summed E-state index contributed by atoms with van der Waals surface area (Å²) in [7, 11) is 0. The van der Waals surface area contributed by atoms with Crippen molar-refractivity contribution in [3.05, 3.63) is 69.3 Å². The van der Waals surface area contributed by atoms with Crippen LogP contribution in [0.5, 0.6) is 0 Å². The molecule has 1 aliphatic heterocycles. The lowest BCUT2D eigenvalue weighted by Gasteiger charge is -2.60. The van der Waals surface area contributed by atoms with E-state index in [1.54, 1.807) is 19.9 Å². The lowest BCUT2D eigenvalue weighted by Crippen LogP contribution is -2.64. The molecule has 11 nitrogen and oxygen atoms in total. The number of aliphatic hydroxyl groups excluding tert-OH is 1. The van der Waals surface area contributed by atoms with Gasteiger partial charge in [0.25, 0.3) is 5.09 Å². The van der Waals surface area contributed by atoms with Crippen molar-refractivity contribution in [2.75, 3.05) is 6.61 Å². The Kier molecular flexibility index (Phi) is 7.14. The van der Waals surface area contributed by atoms with Crippen molar-refractivity contribution in [2.24, 2.45) is 28.6 Å². The molecule has 0 aromatic heterocycles. The number of Topliss-reactive ketones (excluding diaryl/α,β-unsaturated/α-hetero) is 1. The minimum atomic E-state index is -1.56. The quantitative estimate of drug-likeness (QED) is 0.273. The number of halogens is 1. The number of alkyl halides is 1. The fourth-order valence-corrected chi connectivity index (χ4v) is 9.12. The van der Waals surface area contributed by atoms with E-state index in [1.165, 1.54) is 36.4 Å². The molecule has 1 heterocycles. The predicted octanol–water partition coefficient (Wildman–Crippen LogP) is 3.85. The Balaban J connectivity index is 1.26. The maximum atomic E-state index is 15.8. The van der Waals surface area contributed by atoms with Crippen LogP contribution in [-0.2, 0) is 35.2 Å². The maximum absolute atomic E-state index is 15.8. The largest absolute Gasteiger partial charge is 0.454 e. The van der Waals surface area contributed by atoms with Crippen LogP contribution in [0.4, 0.5) is 4.39 Å². The summed E-state index contributed by atoms with van der Waals surface area (Å²) in [6, 6.07) is 5.80. The first-order valence-corrected chi connectivity index (χ1v) is 14.8. The summed E-state index contributed by atoms with van der Waals surface area (Å²) < 4.78 is 34.0. The van der Waals surface area contributed by atoms with E-state index >= 15 is 4.39 Å². The zero-order chi connectivity index (χ0) is 31.8. The summed E-state index contributed by atoms with van der Waals surface area (Å²) in [5.74, 6) is -3.64. The zero-order valence-electron chi connectivity index (χ0n) is 25.0. The number of ketones is 2. The number of fused-ring (bicyclic) bond motifs is 7. The van der Waals surface area contributed by atoms with Crippen molar-refractivity contribution >= 4 is 17.5 Å². The van der Waals surface area contributed by atoms with Crippen molar-refractivity contribution in [3.63, 3.8) is 0 Å². The van der Waals surface area contributed by atoms with Gasteiger partial charge in [0.2, 0.25) is 5.78 Å². The van der Waals surface area contributed by atoms with Crippen molar-refractivity contribution in [3.8, 4) is 0 Å². The number of hydrogen-bond acceptors (Lipinski definition) is 10. The van der Waals surface area contributed by atoms with Crippen LogP contribution in [0.1, 0.15) is 62.9 Å². The first kappa shape index (κ1) is 30.5. The van der Waals surface area contributed by atoms with E-state index in [2.05, 4.69) is 4.84 Å². The van der Waals surface area contributed by atoms with Crippen molar-refractivity contribution in [1.82, 2.24) is 0 Å². The van der Waals surface area contributed by atoms with Gasteiger partial charge in [-0.3, -0.25) is 9.59 Å². The Labute approximate surface area is 253 Å². The highest BCUT2D eigenvalue weighted by Gasteiger charge is 2.77. The van der Waals surface area contributed by atoms with Gasteiger partial charge < -0.3 is 24.2 Å². The fraction of sp³-hybridized carbons (Fsp3) is 0.594. The van der Waals surface area contributed by atoms with Crippen LogP contribution in [0.2, 0.25) is 0 Å². The first-order chi connectivity index (χ1) is 20.6. The van der Waals surface area contributed by atoms with Crippen LogP contribution in [0, 0.1) is 38.7 Å². The molecule has 1 N–H and O–H groups in total. The molecule has 4 fully saturated rings. The second-order valence-corrected chi connectivity index (χ2v) is 13.6. The number of aliphatic hydroxyl groups is 1. The van der Waals surface area contributed by atoms with Crippen molar-refractivity contribution < 1.29 is 48.0 Å². The predicted molar refractivity (Wildman–Crippen MR) is 150 cm³/mol. The summed E-state index contributed by atoms with van der Waals surface area (Å²) in [6.07, 6.45) is 2.14. The molecule has 6 rings (SSSR count). The van der Waals surface area contributed by atoms with Crippen molar-refractivity contribution in [2.45, 2.75) is 83.3 Å². The molecule has 0 bridgehead atoms. The van der Waals surface area contributed by atoms with E-state index in [9.17, 15) is 29.6 Å². The number of esters is 1. The summed E-state index contributed by atoms with van der Waals surface area (Å²) in [6.45, 7) is 6.27. The molecule has 44 heavy (non-hydrogen) atoms. The molecule has 1 saturated heterocycles. The van der Waals surface area contributed by atoms with E-state index in [4.69, 9.17) is 14.2 Å². The average molecular weight is 614 g/mol. The van der Waals surface area contributed by atoms with Gasteiger partial charge in [-0.15, -0.1) is 10.1 Å². The molecular weight excluding hydrogens is 577 g/mol. The number of hydrogen-bond donors (Lipinski definition) is 1. The van der Waals surface area contributed by atoms with E-state index in [1.807, 2.05) is 13.8 Å². The van der Waals surface area contributed by atoms with Gasteiger partial charge in [0.1, 0.15) is 12.8 Å². The minimum Gasteiger partial charge on any atom is -0.454 e. The number of nitrogens with zero attached hydrogens (tertiary/aromatic N) is 1. The molecular formula is C32H36FNO10. The van der Waals surface area contributed by atoms with Crippen LogP contribution >= 0.6 is 0 Å². The summed E-state index contributed by atoms with van der Waals surface area (Å²) in [5, 5.41) is 21.3. The molecule has 4 unspecified atom stereocenters. The molecule has 0 amide bonds. The van der Waals surface area contributed by atoms with Gasteiger partial charge in [0.05, 0.1) is 17.8 Å². The zero-order valence-corrected chi connectivity index (χ0v) is 25.0. The Bertz CT molecular complexity index is 1470. The highest BCUT2D eigenvalue weighted by Crippen LogP contribution is 2.70. The highest BCUT2D eigenvalue weighted by molar-refractivity contribution is 6.01. The molecule has 5 aliphatic rings. The molecule has 3 saturated carbocycles. The van der Waals surface area contributed by atoms with Gasteiger partial charge in [-0.2, -0.15) is 0 Å². The van der Waals surface area contributed by atoms with Crippen LogP contribution in [0.25, 0.3) is 0 Å². The van der Waals surface area contributed by atoms with E-state index in [0.29, 0.717) is 17.6 Å². The standard InChI is InChI=1S/C32H36FNO10/c1-29(2)43-26-13-21-20-12-23(33)22-11-19(35)9-10-30(22,3)27(20)24(36)14-31(21,4)32(26,44-29)25(37)16-41-28(38)18-7-5-17(6-8-18)15-42-34(39)40/h5-11,20-21,23-24,26-27,36H,12-16H2,1-4H3/t20?,21?,23-,24?,26+,27?,30-,31-,32+/m0/s1. The lowest BCUT2D eigenvalue weighted by molar-refractivity contribution is -0.763. The molecule has 1 aromatic carbocycles. The molecule has 0 spiro atoms. The van der Waals surface area contributed by atoms with Crippen molar-refractivity contribution in [1.29, 1.82) is 0 Å². The van der Waals surface area contributed by atoms with Gasteiger partial charge >= 0.3 is 5.97 Å². The summed E-state index contributed by atoms with van der Waals surface area (Å²) in [4.78, 5) is 54.0. The van der Waals surface area contributed by atoms with Crippen LogP contribution < -0.4 is 0 Å². The molecule has 9 atom stereocenters. The summed E-state index contributed by atoms with van der Waals surface area (Å²) in [5.41, 5.74) is -2.39. The van der Waals surface area contributed by atoms with Gasteiger partial charge in [-0.25, -0.2) is 9.18 Å². The average Bonchev–Trinajstić information content (AvgIpc) is 3.36. The number of ether oxygens (including phenoxy) is 3. The van der Waals surface area contributed by atoms with Crippen LogP contribution in [-0.4, -0.2) is 64.1 Å². The van der Waals surface area contributed by atoms with E-state index < -0.39 is 64.0 Å². The second kappa shape index (κ2) is 10.3. The number of benzene rings is 1. The molecule has 1 aromatic rings. The monoisotopic (exact) mass is 613 g/mol. The minimum absolute atomic E-state index is 0.0998. The topological polar surface area (TPSA) is 152 Å². The number of carbonyl (C=O) groups is 3. The Morgan fingerprint density at radius 1 is 1.16 bits per heavy atom. The van der Waals surface area contributed by atoms with Gasteiger partial charge in [-0.05, 0) is 80.4 Å². The highest BCUT2D eigenvalue weighted by atomic mass is 19.1. The number of allylic oxidation sites excluding steroid dienone is 4. The Morgan fingerprint density at radius 2 is 1.86 bits per heavy atom. The smallest absolute Gasteiger partial charge is 0.338 e. The third-order valence-corrected chi connectivity index (χ3v) is 10.7. The van der Waals surface area contributed by atoms with Crippen LogP contribution in [0.3, 0.4) is 0 Å². The van der Waals surface area contributed by atoms with Crippen LogP contribution in [0.15, 0.2) is 48.1 Å². The molecule has 12 heteroatoms. The number of rotatable bonds is 7. The number of carbonyl (C=O) groups excluding carboxylic acids is 3. The third-order valence-electron chi connectivity index (χ3n) is 10.7. The Hall–Kier alpha value is -3.48. The molecule has 4 aliphatic carbocycles. The lowest BCUT2D eigenvalue weighted by atomic mass is 9.46. The normalized spacial score (nSPS) is 39.8. The Morgan fingerprint density at radius 3 is 2.55 bits per heavy atom. The fourth-order valence-electron chi connectivity index (χ4n) is 9.12.